The van der Waals surface area contributed by atoms with Crippen molar-refractivity contribution in [2.75, 3.05) is 24.7 Å². The Morgan fingerprint density at radius 2 is 2.10 bits per heavy atom. The highest BCUT2D eigenvalue weighted by Gasteiger charge is 2.21. The first-order valence-electron chi connectivity index (χ1n) is 6.88. The molecule has 110 valence electrons. The first kappa shape index (κ1) is 14.1. The van der Waals surface area contributed by atoms with Gasteiger partial charge in [0.25, 0.3) is 5.56 Å². The zero-order chi connectivity index (χ0) is 15.1. The second kappa shape index (κ2) is 5.15. The number of rotatable bonds is 1. The lowest BCUT2D eigenvalue weighted by Crippen LogP contribution is -2.13. The van der Waals surface area contributed by atoms with Crippen LogP contribution in [0.5, 0.6) is 5.75 Å². The molecule has 0 spiro atoms. The van der Waals surface area contributed by atoms with Gasteiger partial charge < -0.3 is 15.0 Å². The van der Waals surface area contributed by atoms with Crippen LogP contribution in [0.2, 0.25) is 0 Å². The van der Waals surface area contributed by atoms with Crippen LogP contribution in [-0.4, -0.2) is 29.9 Å². The molecule has 0 amide bonds. The zero-order valence-electron chi connectivity index (χ0n) is 12.4. The smallest absolute Gasteiger partial charge is 0.255 e. The molecule has 2 N–H and O–H groups in total. The van der Waals surface area contributed by atoms with Crippen LogP contribution in [0.4, 0.5) is 5.69 Å². The van der Waals surface area contributed by atoms with E-state index in [1.54, 1.807) is 18.7 Å². The third-order valence-electron chi connectivity index (χ3n) is 3.88. The number of pyridine rings is 1. The van der Waals surface area contributed by atoms with E-state index in [2.05, 4.69) is 16.0 Å². The van der Waals surface area contributed by atoms with Crippen LogP contribution in [0.25, 0.3) is 11.3 Å². The van der Waals surface area contributed by atoms with E-state index in [1.165, 1.54) is 0 Å². The zero-order valence-corrected chi connectivity index (χ0v) is 13.2. The molecule has 0 atom stereocenters. The molecule has 1 aliphatic rings. The predicted octanol–water partition coefficient (Wildman–Crippen LogP) is 2.77. The minimum absolute atomic E-state index is 0.138. The maximum absolute atomic E-state index is 12.0. The van der Waals surface area contributed by atoms with Crippen molar-refractivity contribution in [3.05, 3.63) is 39.7 Å². The minimum atomic E-state index is -0.221. The van der Waals surface area contributed by atoms with Crippen LogP contribution in [0.3, 0.4) is 0 Å². The monoisotopic (exact) mass is 302 g/mol. The Hall–Kier alpha value is -1.88. The Kier molecular flexibility index (Phi) is 3.45. The topological polar surface area (TPSA) is 56.3 Å². The molecule has 0 saturated heterocycles. The van der Waals surface area contributed by atoms with Crippen LogP contribution >= 0.6 is 11.8 Å². The fourth-order valence-corrected chi connectivity index (χ4v) is 3.64. The summed E-state index contributed by atoms with van der Waals surface area (Å²) in [5.41, 5.74) is 3.89. The highest BCUT2D eigenvalue weighted by Crippen LogP contribution is 2.40. The van der Waals surface area contributed by atoms with Crippen molar-refractivity contribution in [3.63, 3.8) is 0 Å². The highest BCUT2D eigenvalue weighted by atomic mass is 32.2. The van der Waals surface area contributed by atoms with Gasteiger partial charge in [0.2, 0.25) is 0 Å². The Morgan fingerprint density at radius 3 is 2.81 bits per heavy atom. The van der Waals surface area contributed by atoms with Gasteiger partial charge in [-0.2, -0.15) is 0 Å². The lowest BCUT2D eigenvalue weighted by atomic mass is 10.0. The van der Waals surface area contributed by atoms with Crippen molar-refractivity contribution >= 4 is 17.4 Å². The fraction of sp³-hybridized carbons (Fsp3) is 0.312. The number of fused-ring (bicyclic) bond motifs is 3. The average Bonchev–Trinajstić information content (AvgIpc) is 2.64. The quantitative estimate of drug-likeness (QED) is 0.850. The van der Waals surface area contributed by atoms with Gasteiger partial charge in [0.1, 0.15) is 5.75 Å². The Morgan fingerprint density at radius 1 is 1.33 bits per heavy atom. The average molecular weight is 302 g/mol. The molecule has 5 heteroatoms. The number of aromatic amines is 1. The summed E-state index contributed by atoms with van der Waals surface area (Å²) in [6, 6.07) is 6.18. The molecule has 0 aliphatic carbocycles. The first-order chi connectivity index (χ1) is 9.99. The molecule has 0 fully saturated rings. The largest absolute Gasteiger partial charge is 0.507 e. The lowest BCUT2D eigenvalue weighted by molar-refractivity contribution is 0.463. The van der Waals surface area contributed by atoms with Gasteiger partial charge in [-0.1, -0.05) is 0 Å². The molecule has 3 rings (SSSR count). The number of thioether (sulfide) groups is 1. The van der Waals surface area contributed by atoms with Crippen molar-refractivity contribution < 1.29 is 5.11 Å². The van der Waals surface area contributed by atoms with Crippen molar-refractivity contribution in [1.82, 2.24) is 4.98 Å². The number of anilines is 1. The number of nitrogens with zero attached hydrogens (tertiary/aromatic N) is 1. The Balaban J connectivity index is 2.27. The van der Waals surface area contributed by atoms with Gasteiger partial charge in [-0.05, 0) is 31.5 Å². The highest BCUT2D eigenvalue weighted by molar-refractivity contribution is 7.99. The van der Waals surface area contributed by atoms with Crippen LogP contribution in [0.15, 0.2) is 27.9 Å². The molecular weight excluding hydrogens is 284 g/mol. The van der Waals surface area contributed by atoms with E-state index in [1.807, 2.05) is 26.2 Å². The van der Waals surface area contributed by atoms with Crippen molar-refractivity contribution in [1.29, 1.82) is 0 Å². The second-order valence-corrected chi connectivity index (χ2v) is 6.59. The minimum Gasteiger partial charge on any atom is -0.507 e. The summed E-state index contributed by atoms with van der Waals surface area (Å²) in [6.45, 7) is 1.66. The predicted molar refractivity (Wildman–Crippen MR) is 87.7 cm³/mol. The maximum atomic E-state index is 12.0. The number of aromatic nitrogens is 1. The van der Waals surface area contributed by atoms with Crippen molar-refractivity contribution in [2.24, 2.45) is 0 Å². The van der Waals surface area contributed by atoms with Crippen LogP contribution in [-0.2, 0) is 6.42 Å². The molecular formula is C16H18N2O2S. The van der Waals surface area contributed by atoms with E-state index in [4.69, 9.17) is 0 Å². The summed E-state index contributed by atoms with van der Waals surface area (Å²) >= 11 is 1.76. The molecule has 2 aromatic rings. The van der Waals surface area contributed by atoms with E-state index in [-0.39, 0.29) is 11.3 Å². The maximum Gasteiger partial charge on any atom is 0.255 e. The molecule has 0 bridgehead atoms. The van der Waals surface area contributed by atoms with Crippen molar-refractivity contribution in [2.45, 2.75) is 18.2 Å². The summed E-state index contributed by atoms with van der Waals surface area (Å²) < 4.78 is 0. The lowest BCUT2D eigenvalue weighted by Gasteiger charge is -2.16. The molecule has 21 heavy (non-hydrogen) atoms. The standard InChI is InChI=1S/C16H18N2O2S/c1-9-15(19)12-6-7-21-13-8-10(18(2)3)4-5-11(13)14(12)17-16(9)20/h4-5,8H,6-7H2,1-3H3,(H2,17,19,20). The summed E-state index contributed by atoms with van der Waals surface area (Å²) in [5.74, 6) is 1.02. The Labute approximate surface area is 127 Å². The van der Waals surface area contributed by atoms with Gasteiger partial charge in [0.05, 0.1) is 11.3 Å². The van der Waals surface area contributed by atoms with Gasteiger partial charge in [0, 0.05) is 41.6 Å². The number of benzene rings is 1. The fourth-order valence-electron chi connectivity index (χ4n) is 2.59. The number of hydrogen-bond donors (Lipinski definition) is 2. The van der Waals surface area contributed by atoms with E-state index < -0.39 is 0 Å². The Bertz CT molecular complexity index is 766. The first-order valence-corrected chi connectivity index (χ1v) is 7.87. The summed E-state index contributed by atoms with van der Waals surface area (Å²) in [4.78, 5) is 18.1. The van der Waals surface area contributed by atoms with Gasteiger partial charge >= 0.3 is 0 Å². The van der Waals surface area contributed by atoms with E-state index in [0.29, 0.717) is 5.56 Å². The normalized spacial score (nSPS) is 13.3. The summed E-state index contributed by atoms with van der Waals surface area (Å²) in [5, 5.41) is 10.3. The second-order valence-electron chi connectivity index (χ2n) is 5.45. The SMILES string of the molecule is Cc1c(O)c2c([nH]c1=O)-c1ccc(N(C)C)cc1SCC2. The van der Waals surface area contributed by atoms with Crippen molar-refractivity contribution in [3.8, 4) is 17.0 Å². The third kappa shape index (κ3) is 2.31. The summed E-state index contributed by atoms with van der Waals surface area (Å²) in [6.07, 6.45) is 0.745. The molecule has 1 aromatic heterocycles. The van der Waals surface area contributed by atoms with Crippen LogP contribution in [0.1, 0.15) is 11.1 Å². The van der Waals surface area contributed by atoms with E-state index in [0.717, 1.165) is 39.6 Å². The molecule has 1 aliphatic heterocycles. The van der Waals surface area contributed by atoms with E-state index >= 15 is 0 Å². The molecule has 0 unspecified atom stereocenters. The number of hydrogen-bond acceptors (Lipinski definition) is 4. The number of H-pyrrole nitrogens is 1. The molecule has 0 radical (unpaired) electrons. The summed E-state index contributed by atoms with van der Waals surface area (Å²) in [7, 11) is 4.02. The van der Waals surface area contributed by atoms with Gasteiger partial charge in [0.15, 0.2) is 0 Å². The molecule has 2 heterocycles. The van der Waals surface area contributed by atoms with E-state index in [9.17, 15) is 9.90 Å². The van der Waals surface area contributed by atoms with Gasteiger partial charge in [-0.25, -0.2) is 0 Å². The van der Waals surface area contributed by atoms with Gasteiger partial charge in [-0.3, -0.25) is 4.79 Å². The molecule has 1 aromatic carbocycles. The van der Waals surface area contributed by atoms with Gasteiger partial charge in [-0.15, -0.1) is 11.8 Å². The third-order valence-corrected chi connectivity index (χ3v) is 4.94. The van der Waals surface area contributed by atoms with Crippen LogP contribution < -0.4 is 10.5 Å². The number of aromatic hydroxyl groups is 1. The molecule has 0 saturated carbocycles. The molecule has 4 nitrogen and oxygen atoms in total. The number of nitrogens with one attached hydrogen (secondary N) is 1. The van der Waals surface area contributed by atoms with Crippen LogP contribution in [0, 0.1) is 6.92 Å².